The highest BCUT2D eigenvalue weighted by Gasteiger charge is 2.61. The van der Waals surface area contributed by atoms with Crippen LogP contribution in [-0.4, -0.2) is 0 Å². The van der Waals surface area contributed by atoms with Crippen LogP contribution in [0.5, 0.6) is 0 Å². The van der Waals surface area contributed by atoms with E-state index in [1.54, 1.807) is 11.1 Å². The zero-order valence-electron chi connectivity index (χ0n) is 30.0. The van der Waals surface area contributed by atoms with Crippen LogP contribution in [0.2, 0.25) is 0 Å². The number of nitrogens with zero attached hydrogens (tertiary/aromatic N) is 1. The van der Waals surface area contributed by atoms with Crippen molar-refractivity contribution in [3.05, 3.63) is 187 Å². The Bertz CT molecular complexity index is 2410. The van der Waals surface area contributed by atoms with Gasteiger partial charge >= 0.3 is 0 Å². The number of benzene rings is 7. The molecule has 1 heteroatoms. The minimum atomic E-state index is 0.182. The van der Waals surface area contributed by atoms with Gasteiger partial charge in [0.2, 0.25) is 0 Å². The topological polar surface area (TPSA) is 3.24 Å². The van der Waals surface area contributed by atoms with Crippen LogP contribution < -0.4 is 4.90 Å². The number of hydrogen-bond acceptors (Lipinski definition) is 1. The van der Waals surface area contributed by atoms with Gasteiger partial charge in [0.25, 0.3) is 0 Å². The molecule has 0 heterocycles. The molecular formula is C52H43N. The van der Waals surface area contributed by atoms with Crippen LogP contribution in [0.15, 0.2) is 176 Å². The molecule has 53 heavy (non-hydrogen) atoms. The molecular weight excluding hydrogens is 639 g/mol. The first-order valence-electron chi connectivity index (χ1n) is 19.7. The van der Waals surface area contributed by atoms with Crippen molar-refractivity contribution in [1.82, 2.24) is 0 Å². The van der Waals surface area contributed by atoms with Gasteiger partial charge in [-0.2, -0.15) is 0 Å². The zero-order valence-corrected chi connectivity index (χ0v) is 30.0. The van der Waals surface area contributed by atoms with Gasteiger partial charge in [-0.05, 0) is 154 Å². The third-order valence-corrected chi connectivity index (χ3v) is 13.5. The molecule has 1 spiro atoms. The molecule has 256 valence electrons. The summed E-state index contributed by atoms with van der Waals surface area (Å²) in [5, 5.41) is 0. The van der Waals surface area contributed by atoms with E-state index in [9.17, 15) is 0 Å². The van der Waals surface area contributed by atoms with Gasteiger partial charge < -0.3 is 4.90 Å². The normalized spacial score (nSPS) is 23.2. The second-order valence-corrected chi connectivity index (χ2v) is 16.2. The number of rotatable bonds is 6. The highest BCUT2D eigenvalue weighted by molar-refractivity contribution is 5.86. The summed E-state index contributed by atoms with van der Waals surface area (Å²) in [6, 6.07) is 65.5. The second kappa shape index (κ2) is 12.2. The summed E-state index contributed by atoms with van der Waals surface area (Å²) in [6.07, 6.45) is 7.12. The van der Waals surface area contributed by atoms with Crippen molar-refractivity contribution in [3.8, 4) is 44.5 Å². The monoisotopic (exact) mass is 681 g/mol. The third kappa shape index (κ3) is 4.90. The molecule has 12 rings (SSSR count). The molecule has 0 amide bonds. The van der Waals surface area contributed by atoms with Gasteiger partial charge in [0.1, 0.15) is 0 Å². The smallest absolute Gasteiger partial charge is 0.0467 e. The van der Waals surface area contributed by atoms with E-state index in [4.69, 9.17) is 0 Å². The fourth-order valence-corrected chi connectivity index (χ4v) is 11.5. The molecule has 0 aromatic heterocycles. The van der Waals surface area contributed by atoms with Crippen LogP contribution in [-0.2, 0) is 5.41 Å². The summed E-state index contributed by atoms with van der Waals surface area (Å²) in [5.41, 5.74) is 17.3. The van der Waals surface area contributed by atoms with E-state index in [1.165, 1.54) is 76.6 Å². The lowest BCUT2D eigenvalue weighted by atomic mass is 9.43. The Morgan fingerprint density at radius 1 is 0.340 bits per heavy atom. The maximum atomic E-state index is 2.61. The van der Waals surface area contributed by atoms with Gasteiger partial charge in [0.15, 0.2) is 0 Å². The molecule has 4 bridgehead atoms. The first-order valence-corrected chi connectivity index (χ1v) is 19.7. The van der Waals surface area contributed by atoms with Gasteiger partial charge in [-0.25, -0.2) is 0 Å². The van der Waals surface area contributed by atoms with E-state index in [0.717, 1.165) is 40.7 Å². The first-order chi connectivity index (χ1) is 26.2. The Balaban J connectivity index is 0.988. The van der Waals surface area contributed by atoms with Crippen molar-refractivity contribution in [2.45, 2.75) is 37.5 Å². The second-order valence-electron chi connectivity index (χ2n) is 16.2. The van der Waals surface area contributed by atoms with Gasteiger partial charge in [-0.1, -0.05) is 133 Å². The Hall–Kier alpha value is -5.66. The van der Waals surface area contributed by atoms with Crippen molar-refractivity contribution in [2.75, 3.05) is 4.90 Å². The van der Waals surface area contributed by atoms with Crippen LogP contribution in [0.3, 0.4) is 0 Å². The predicted molar refractivity (Wildman–Crippen MR) is 221 cm³/mol. The maximum absolute atomic E-state index is 2.61. The van der Waals surface area contributed by atoms with Gasteiger partial charge in [-0.15, -0.1) is 0 Å². The number of fused-ring (bicyclic) bond motifs is 3. The van der Waals surface area contributed by atoms with Gasteiger partial charge in [0.05, 0.1) is 0 Å². The van der Waals surface area contributed by atoms with Crippen LogP contribution >= 0.6 is 0 Å². The predicted octanol–water partition coefficient (Wildman–Crippen LogP) is 13.9. The molecule has 7 aromatic rings. The van der Waals surface area contributed by atoms with Crippen LogP contribution in [0, 0.1) is 23.7 Å². The molecule has 5 aliphatic rings. The van der Waals surface area contributed by atoms with Crippen LogP contribution in [0.25, 0.3) is 44.5 Å². The Morgan fingerprint density at radius 2 is 0.811 bits per heavy atom. The van der Waals surface area contributed by atoms with Gasteiger partial charge in [0, 0.05) is 22.5 Å². The lowest BCUT2D eigenvalue weighted by molar-refractivity contribution is -0.0399. The number of hydrogen-bond donors (Lipinski definition) is 0. The molecule has 7 aromatic carbocycles. The SMILES string of the molecule is c1ccc(-c2ccc(N(c3ccc(-c4ccc5c(c4)C4(c6ccccc6-5)C5CC6CC(C5)CC4C6)cc3)c3cccc(-c4ccccc4)c3)cc2)cc1. The molecule has 0 unspecified atom stereocenters. The lowest BCUT2D eigenvalue weighted by Crippen LogP contribution is -2.55. The molecule has 4 fully saturated rings. The summed E-state index contributed by atoms with van der Waals surface area (Å²) in [4.78, 5) is 2.40. The van der Waals surface area contributed by atoms with E-state index >= 15 is 0 Å². The highest BCUT2D eigenvalue weighted by atomic mass is 15.1. The average Bonchev–Trinajstić information content (AvgIpc) is 3.51. The van der Waals surface area contributed by atoms with Crippen LogP contribution in [0.4, 0.5) is 17.1 Å². The summed E-state index contributed by atoms with van der Waals surface area (Å²) in [7, 11) is 0. The summed E-state index contributed by atoms with van der Waals surface area (Å²) in [6.45, 7) is 0. The molecule has 4 saturated carbocycles. The number of anilines is 3. The summed E-state index contributed by atoms with van der Waals surface area (Å²) in [5.74, 6) is 3.43. The average molecular weight is 682 g/mol. The Kier molecular flexibility index (Phi) is 7.12. The van der Waals surface area contributed by atoms with E-state index in [0.29, 0.717) is 0 Å². The summed E-state index contributed by atoms with van der Waals surface area (Å²) < 4.78 is 0. The lowest BCUT2D eigenvalue weighted by Gasteiger charge is -2.61. The van der Waals surface area contributed by atoms with Crippen molar-refractivity contribution < 1.29 is 0 Å². The third-order valence-electron chi connectivity index (χ3n) is 13.5. The van der Waals surface area contributed by atoms with E-state index in [-0.39, 0.29) is 5.41 Å². The maximum Gasteiger partial charge on any atom is 0.0467 e. The molecule has 0 atom stereocenters. The van der Waals surface area contributed by atoms with Crippen molar-refractivity contribution in [2.24, 2.45) is 23.7 Å². The molecule has 0 N–H and O–H groups in total. The standard InChI is InChI=1S/C52H43N/c1-3-10-37(11-4-1)39-18-23-45(24-19-39)53(47-15-9-14-41(33-47)38-12-5-2-6-13-38)46-25-20-40(21-26-46)42-22-27-49-48-16-7-8-17-50(48)52(51(49)34-42)43-29-35-28-36(31-43)32-44(52)30-35/h1-27,33-36,43-44H,28-32H2. The molecule has 5 aliphatic carbocycles. The Morgan fingerprint density at radius 3 is 1.45 bits per heavy atom. The minimum absolute atomic E-state index is 0.182. The quantitative estimate of drug-likeness (QED) is 0.169. The fourth-order valence-electron chi connectivity index (χ4n) is 11.5. The first kappa shape index (κ1) is 30.9. The van der Waals surface area contributed by atoms with Crippen LogP contribution in [0.1, 0.15) is 43.2 Å². The fraction of sp³-hybridized carbons (Fsp3) is 0.192. The Labute approximate surface area is 313 Å². The summed E-state index contributed by atoms with van der Waals surface area (Å²) >= 11 is 0. The van der Waals surface area contributed by atoms with Crippen molar-refractivity contribution >= 4 is 17.1 Å². The van der Waals surface area contributed by atoms with Crippen molar-refractivity contribution in [1.29, 1.82) is 0 Å². The van der Waals surface area contributed by atoms with E-state index in [1.807, 2.05) is 0 Å². The molecule has 1 nitrogen and oxygen atoms in total. The van der Waals surface area contributed by atoms with E-state index in [2.05, 4.69) is 181 Å². The van der Waals surface area contributed by atoms with Gasteiger partial charge in [-0.3, -0.25) is 0 Å². The van der Waals surface area contributed by atoms with Crippen molar-refractivity contribution in [3.63, 3.8) is 0 Å². The molecule has 0 radical (unpaired) electrons. The zero-order chi connectivity index (χ0) is 34.9. The van der Waals surface area contributed by atoms with E-state index < -0.39 is 0 Å². The largest absolute Gasteiger partial charge is 0.310 e. The minimum Gasteiger partial charge on any atom is -0.310 e. The molecule has 0 saturated heterocycles. The molecule has 0 aliphatic heterocycles. The highest BCUT2D eigenvalue weighted by Crippen LogP contribution is 2.69.